The Bertz CT molecular complexity index is 1060. The van der Waals surface area contributed by atoms with Crippen LogP contribution in [-0.4, -0.2) is 36.9 Å². The summed E-state index contributed by atoms with van der Waals surface area (Å²) < 4.78 is 5.39. The molecule has 0 aliphatic carbocycles. The highest BCUT2D eigenvalue weighted by molar-refractivity contribution is 5.92. The second kappa shape index (κ2) is 10.1. The molecule has 3 aromatic carbocycles. The summed E-state index contributed by atoms with van der Waals surface area (Å²) in [7, 11) is 3.37. The number of para-hydroxylation sites is 1. The average molecular weight is 419 g/mol. The number of likely N-dealkylation sites (N-methyl/N-ethyl adjacent to an activating group) is 1. The largest absolute Gasteiger partial charge is 0.496 e. The van der Waals surface area contributed by atoms with Crippen molar-refractivity contribution in [1.29, 1.82) is 0 Å². The van der Waals surface area contributed by atoms with Crippen molar-refractivity contribution in [3.63, 3.8) is 0 Å². The summed E-state index contributed by atoms with van der Waals surface area (Å²) in [5.41, 5.74) is 1.87. The highest BCUT2D eigenvalue weighted by atomic mass is 16.5. The van der Waals surface area contributed by atoms with Gasteiger partial charge in [-0.15, -0.1) is 0 Å². The van der Waals surface area contributed by atoms with Gasteiger partial charge in [-0.1, -0.05) is 74.5 Å². The van der Waals surface area contributed by atoms with Crippen LogP contribution in [0.5, 0.6) is 5.75 Å². The fraction of sp³-hybridized carbons (Fsp3) is 0.308. The smallest absolute Gasteiger partial charge is 0.245 e. The highest BCUT2D eigenvalue weighted by Gasteiger charge is 2.27. The van der Waals surface area contributed by atoms with E-state index in [1.807, 2.05) is 80.6 Å². The lowest BCUT2D eigenvalue weighted by molar-refractivity contribution is -0.136. The predicted molar refractivity (Wildman–Crippen MR) is 124 cm³/mol. The first-order chi connectivity index (χ1) is 14.9. The maximum atomic E-state index is 13.2. The van der Waals surface area contributed by atoms with Gasteiger partial charge in [-0.25, -0.2) is 0 Å². The Morgan fingerprint density at radius 2 is 1.58 bits per heavy atom. The molecule has 5 nitrogen and oxygen atoms in total. The van der Waals surface area contributed by atoms with Gasteiger partial charge in [0.05, 0.1) is 13.5 Å². The van der Waals surface area contributed by atoms with Crippen LogP contribution >= 0.6 is 0 Å². The fourth-order valence-corrected chi connectivity index (χ4v) is 3.76. The maximum Gasteiger partial charge on any atom is 0.245 e. The monoisotopic (exact) mass is 418 g/mol. The van der Waals surface area contributed by atoms with E-state index in [9.17, 15) is 9.59 Å². The van der Waals surface area contributed by atoms with Crippen molar-refractivity contribution < 1.29 is 14.3 Å². The molecule has 2 amide bonds. The molecule has 0 unspecified atom stereocenters. The standard InChI is InChI=1S/C26H30N2O3/c1-18(2)25(26(30)28(3)17-21-11-6-8-15-23(21)31-4)27-24(29)16-20-13-9-12-19-10-5-7-14-22(19)20/h5-15,18,25H,16-17H2,1-4H3,(H,27,29)/t25-/m1/s1. The van der Waals surface area contributed by atoms with E-state index < -0.39 is 6.04 Å². The van der Waals surface area contributed by atoms with Crippen molar-refractivity contribution in [2.45, 2.75) is 32.9 Å². The molecule has 0 fully saturated rings. The molecule has 31 heavy (non-hydrogen) atoms. The molecule has 3 aromatic rings. The summed E-state index contributed by atoms with van der Waals surface area (Å²) in [6, 6.07) is 21.0. The Labute approximate surface area is 184 Å². The Balaban J connectivity index is 1.71. The predicted octanol–water partition coefficient (Wildman–Crippen LogP) is 4.19. The number of rotatable bonds is 8. The molecule has 0 spiro atoms. The zero-order chi connectivity index (χ0) is 22.4. The number of fused-ring (bicyclic) bond motifs is 1. The molecular weight excluding hydrogens is 388 g/mol. The molecule has 0 radical (unpaired) electrons. The first-order valence-corrected chi connectivity index (χ1v) is 10.5. The second-order valence-electron chi connectivity index (χ2n) is 8.11. The lowest BCUT2D eigenvalue weighted by Crippen LogP contribution is -2.50. The van der Waals surface area contributed by atoms with Crippen molar-refractivity contribution in [2.75, 3.05) is 14.2 Å². The minimum atomic E-state index is -0.595. The van der Waals surface area contributed by atoms with Gasteiger partial charge in [-0.3, -0.25) is 9.59 Å². The van der Waals surface area contributed by atoms with Crippen molar-refractivity contribution >= 4 is 22.6 Å². The number of carbonyl (C=O) groups excluding carboxylic acids is 2. The number of ether oxygens (including phenoxy) is 1. The van der Waals surface area contributed by atoms with E-state index in [1.54, 1.807) is 19.1 Å². The Morgan fingerprint density at radius 1 is 0.935 bits per heavy atom. The molecule has 1 N–H and O–H groups in total. The van der Waals surface area contributed by atoms with Crippen LogP contribution < -0.4 is 10.1 Å². The van der Waals surface area contributed by atoms with Crippen LogP contribution in [0.3, 0.4) is 0 Å². The number of hydrogen-bond acceptors (Lipinski definition) is 3. The first kappa shape index (κ1) is 22.3. The van der Waals surface area contributed by atoms with Gasteiger partial charge in [-0.05, 0) is 28.3 Å². The van der Waals surface area contributed by atoms with Crippen LogP contribution in [0.2, 0.25) is 0 Å². The second-order valence-corrected chi connectivity index (χ2v) is 8.11. The van der Waals surface area contributed by atoms with Gasteiger partial charge >= 0.3 is 0 Å². The molecule has 0 aromatic heterocycles. The molecule has 1 atom stereocenters. The molecule has 0 aliphatic heterocycles. The van der Waals surface area contributed by atoms with E-state index in [1.165, 1.54) is 0 Å². The molecule has 162 valence electrons. The van der Waals surface area contributed by atoms with Crippen molar-refractivity contribution in [1.82, 2.24) is 10.2 Å². The quantitative estimate of drug-likeness (QED) is 0.597. The van der Waals surface area contributed by atoms with Crippen molar-refractivity contribution in [3.05, 3.63) is 77.9 Å². The van der Waals surface area contributed by atoms with E-state index in [4.69, 9.17) is 4.74 Å². The summed E-state index contributed by atoms with van der Waals surface area (Å²) in [5, 5.41) is 5.12. The molecule has 3 rings (SSSR count). The molecule has 0 heterocycles. The number of hydrogen-bond donors (Lipinski definition) is 1. The van der Waals surface area contributed by atoms with E-state index >= 15 is 0 Å². The third-order valence-corrected chi connectivity index (χ3v) is 5.46. The van der Waals surface area contributed by atoms with Crippen LogP contribution in [0.1, 0.15) is 25.0 Å². The van der Waals surface area contributed by atoms with Gasteiger partial charge in [0.2, 0.25) is 11.8 Å². The lowest BCUT2D eigenvalue weighted by atomic mass is 10.00. The van der Waals surface area contributed by atoms with E-state index in [2.05, 4.69) is 5.32 Å². The minimum Gasteiger partial charge on any atom is -0.496 e. The van der Waals surface area contributed by atoms with E-state index in [-0.39, 0.29) is 24.2 Å². The third-order valence-electron chi connectivity index (χ3n) is 5.46. The van der Waals surface area contributed by atoms with Gasteiger partial charge in [0.25, 0.3) is 0 Å². The maximum absolute atomic E-state index is 13.2. The Hall–Kier alpha value is -3.34. The molecule has 5 heteroatoms. The normalized spacial score (nSPS) is 11.9. The molecule has 0 saturated carbocycles. The number of nitrogens with zero attached hydrogens (tertiary/aromatic N) is 1. The SMILES string of the molecule is COc1ccccc1CN(C)C(=O)[C@H](NC(=O)Cc1cccc2ccccc12)C(C)C. The number of benzene rings is 3. The van der Waals surface area contributed by atoms with E-state index in [0.29, 0.717) is 6.54 Å². The Morgan fingerprint density at radius 3 is 2.32 bits per heavy atom. The summed E-state index contributed by atoms with van der Waals surface area (Å²) in [6.07, 6.45) is 0.230. The summed E-state index contributed by atoms with van der Waals surface area (Å²) in [5.74, 6) is 0.425. The molecule has 0 bridgehead atoms. The number of nitrogens with one attached hydrogen (secondary N) is 1. The minimum absolute atomic E-state index is 0.0379. The van der Waals surface area contributed by atoms with Crippen LogP contribution in [0, 0.1) is 5.92 Å². The van der Waals surface area contributed by atoms with E-state index in [0.717, 1.165) is 27.6 Å². The van der Waals surface area contributed by atoms with Crippen LogP contribution in [0.25, 0.3) is 10.8 Å². The zero-order valence-corrected chi connectivity index (χ0v) is 18.6. The lowest BCUT2D eigenvalue weighted by Gasteiger charge is -2.27. The molecular formula is C26H30N2O3. The van der Waals surface area contributed by atoms with Crippen molar-refractivity contribution in [3.8, 4) is 5.75 Å². The zero-order valence-electron chi connectivity index (χ0n) is 18.6. The highest BCUT2D eigenvalue weighted by Crippen LogP contribution is 2.21. The Kier molecular flexibility index (Phi) is 7.29. The third kappa shape index (κ3) is 5.43. The number of methoxy groups -OCH3 is 1. The number of carbonyl (C=O) groups is 2. The summed E-state index contributed by atoms with van der Waals surface area (Å²) >= 11 is 0. The molecule has 0 aliphatic rings. The summed E-state index contributed by atoms with van der Waals surface area (Å²) in [4.78, 5) is 27.7. The summed E-state index contributed by atoms with van der Waals surface area (Å²) in [6.45, 7) is 4.29. The van der Waals surface area contributed by atoms with Crippen molar-refractivity contribution in [2.24, 2.45) is 5.92 Å². The topological polar surface area (TPSA) is 58.6 Å². The molecule has 0 saturated heterocycles. The van der Waals surface area contributed by atoms with Gasteiger partial charge in [0.1, 0.15) is 11.8 Å². The van der Waals surface area contributed by atoms with Crippen LogP contribution in [0.15, 0.2) is 66.7 Å². The van der Waals surface area contributed by atoms with Gasteiger partial charge in [-0.2, -0.15) is 0 Å². The number of amides is 2. The average Bonchev–Trinajstić information content (AvgIpc) is 2.77. The van der Waals surface area contributed by atoms with Crippen LogP contribution in [-0.2, 0) is 22.6 Å². The van der Waals surface area contributed by atoms with Gasteiger partial charge < -0.3 is 15.0 Å². The fourth-order valence-electron chi connectivity index (χ4n) is 3.76. The van der Waals surface area contributed by atoms with Gasteiger partial charge in [0, 0.05) is 19.2 Å². The van der Waals surface area contributed by atoms with Gasteiger partial charge in [0.15, 0.2) is 0 Å². The van der Waals surface area contributed by atoms with Crippen LogP contribution in [0.4, 0.5) is 0 Å². The first-order valence-electron chi connectivity index (χ1n) is 10.5.